The van der Waals surface area contributed by atoms with Crippen LogP contribution in [0.3, 0.4) is 0 Å². The Balaban J connectivity index is 1.24. The van der Waals surface area contributed by atoms with E-state index in [2.05, 4.69) is 67.9 Å². The Kier molecular flexibility index (Phi) is 25.6. The van der Waals surface area contributed by atoms with Crippen molar-refractivity contribution in [1.82, 2.24) is 73.2 Å². The molecule has 2 aliphatic heterocycles. The average Bonchev–Trinajstić information content (AvgIpc) is 1.85. The van der Waals surface area contributed by atoms with Gasteiger partial charge in [0.05, 0.1) is 25.1 Å². The van der Waals surface area contributed by atoms with Gasteiger partial charge in [-0.05, 0) is 94.5 Å². The van der Waals surface area contributed by atoms with E-state index in [1.54, 1.807) is 65.1 Å². The van der Waals surface area contributed by atoms with Crippen molar-refractivity contribution in [3.05, 3.63) is 84.1 Å². The zero-order valence-electron chi connectivity index (χ0n) is 51.4. The van der Waals surface area contributed by atoms with Crippen LogP contribution >= 0.6 is 0 Å². The molecule has 32 nitrogen and oxygen atoms in total. The van der Waals surface area contributed by atoms with Crippen LogP contribution in [0, 0.1) is 5.92 Å². The van der Waals surface area contributed by atoms with Crippen LogP contribution in [0.1, 0.15) is 96.4 Å². The number of nitrogens with two attached hydrogens (primary N) is 3. The number of aromatic nitrogens is 3. The molecule has 4 heterocycles. The fourth-order valence-corrected chi connectivity index (χ4v) is 10.2. The number of ether oxygens (including phenoxy) is 1. The summed E-state index contributed by atoms with van der Waals surface area (Å²) in [6.07, 6.45) is 4.91. The Hall–Kier alpha value is -9.85. The summed E-state index contributed by atoms with van der Waals surface area (Å²) >= 11 is 0. The van der Waals surface area contributed by atoms with Crippen molar-refractivity contribution in [2.45, 2.75) is 159 Å². The highest BCUT2D eigenvalue weighted by molar-refractivity contribution is 5.99. The molecule has 20 N–H and O–H groups in total. The Bertz CT molecular complexity index is 3240. The quantitative estimate of drug-likeness (QED) is 0.0103. The van der Waals surface area contributed by atoms with E-state index in [4.69, 9.17) is 21.9 Å². The lowest BCUT2D eigenvalue weighted by atomic mass is 10.0. The van der Waals surface area contributed by atoms with Crippen molar-refractivity contribution in [1.29, 1.82) is 0 Å². The van der Waals surface area contributed by atoms with E-state index in [1.165, 1.54) is 41.7 Å². The number of fused-ring (bicyclic) bond motifs is 1. The summed E-state index contributed by atoms with van der Waals surface area (Å²) in [6.45, 7) is 7.28. The second kappa shape index (κ2) is 33.1. The molecule has 9 atom stereocenters. The summed E-state index contributed by atoms with van der Waals surface area (Å²) in [4.78, 5) is 167. The molecule has 0 aliphatic carbocycles. The number of rotatable bonds is 31. The van der Waals surface area contributed by atoms with Crippen molar-refractivity contribution in [3.63, 3.8) is 0 Å². The molecule has 6 rings (SSSR count). The lowest BCUT2D eigenvalue weighted by Gasteiger charge is -2.31. The number of carbonyl (C=O) groups is 11. The number of hydrogen-bond acceptors (Lipinski definition) is 16. The maximum absolute atomic E-state index is 14.8. The number of nitrogens with one attached hydrogen (secondary N) is 12. The fourth-order valence-electron chi connectivity index (χ4n) is 10.2. The Labute approximate surface area is 524 Å². The first-order valence-electron chi connectivity index (χ1n) is 29.9. The largest absolute Gasteiger partial charge is 0.508 e. The number of nitrogens with zero attached hydrogens (tertiary/aromatic N) is 3. The summed E-state index contributed by atoms with van der Waals surface area (Å²) in [5.74, 6) is -8.58. The van der Waals surface area contributed by atoms with Crippen LogP contribution in [-0.2, 0) is 71.9 Å². The average molecular weight is 1270 g/mol. The number of hydrazine groups is 1. The number of phenols is 1. The van der Waals surface area contributed by atoms with Gasteiger partial charge in [-0.3, -0.25) is 58.4 Å². The Morgan fingerprint density at radius 3 is 1.95 bits per heavy atom. The Morgan fingerprint density at radius 2 is 1.33 bits per heavy atom. The van der Waals surface area contributed by atoms with E-state index in [1.807, 2.05) is 5.43 Å². The highest BCUT2D eigenvalue weighted by Crippen LogP contribution is 2.22. The monoisotopic (exact) mass is 1270 g/mol. The van der Waals surface area contributed by atoms with Gasteiger partial charge in [-0.25, -0.2) is 15.2 Å². The van der Waals surface area contributed by atoms with Gasteiger partial charge in [0.2, 0.25) is 53.2 Å². The SMILES string of the molecule is CC(C)CC(NC(=O)C(COC(C)(C)C)NC(=O)C(Cc1ccc(O)cc1)NC(=O)C(CO)NC(=O)C(Cc1c[nH]c2ccccc12)NC(=O)C(Cc1cnc[nH]1)NC(=O)C1CCC(=O)N1)C(=O)N[C@@H](CCCN=C(N)N)C(=O)N1CCCC1C(=O)NNC(N)=O. The minimum Gasteiger partial charge on any atom is -0.508 e. The van der Waals surface area contributed by atoms with Crippen molar-refractivity contribution >= 4 is 82.0 Å². The van der Waals surface area contributed by atoms with Gasteiger partial charge in [0.25, 0.3) is 5.91 Å². The van der Waals surface area contributed by atoms with Gasteiger partial charge in [-0.2, -0.15) is 0 Å². The topological polar surface area (TPSA) is 496 Å². The van der Waals surface area contributed by atoms with Gasteiger partial charge < -0.3 is 89.6 Å². The van der Waals surface area contributed by atoms with Gasteiger partial charge >= 0.3 is 6.03 Å². The van der Waals surface area contributed by atoms with E-state index in [-0.39, 0.29) is 94.4 Å². The van der Waals surface area contributed by atoms with Crippen molar-refractivity contribution in [2.24, 2.45) is 28.1 Å². The third kappa shape index (κ3) is 21.7. The molecule has 12 amide bonds. The number of urea groups is 1. The number of primary amides is 1. The summed E-state index contributed by atoms with van der Waals surface area (Å²) in [5.41, 5.74) is 21.6. The zero-order valence-corrected chi connectivity index (χ0v) is 51.4. The minimum atomic E-state index is -1.80. The van der Waals surface area contributed by atoms with E-state index in [9.17, 15) is 63.0 Å². The van der Waals surface area contributed by atoms with Gasteiger partial charge in [-0.15, -0.1) is 0 Å². The molecular formula is C59H84N18O14. The van der Waals surface area contributed by atoms with Crippen molar-refractivity contribution in [3.8, 4) is 5.75 Å². The smallest absolute Gasteiger partial charge is 0.330 e. The molecule has 2 aliphatic rings. The molecule has 4 aromatic rings. The number of benzene rings is 2. The molecule has 0 radical (unpaired) electrons. The molecule has 2 aromatic carbocycles. The molecular weight excluding hydrogens is 1180 g/mol. The highest BCUT2D eigenvalue weighted by atomic mass is 16.5. The molecule has 2 fully saturated rings. The summed E-state index contributed by atoms with van der Waals surface area (Å²) < 4.78 is 6.03. The molecule has 0 bridgehead atoms. The first-order valence-corrected chi connectivity index (χ1v) is 29.9. The number of amides is 12. The number of aliphatic imine (C=N–C) groups is 1. The van der Waals surface area contributed by atoms with Gasteiger partial charge in [-0.1, -0.05) is 44.2 Å². The molecule has 8 unspecified atom stereocenters. The predicted molar refractivity (Wildman–Crippen MR) is 329 cm³/mol. The van der Waals surface area contributed by atoms with E-state index >= 15 is 0 Å². The Morgan fingerprint density at radius 1 is 0.725 bits per heavy atom. The standard InChI is InChI=1S/C59H84N18O14/c1-31(2)22-40(49(82)68-39(12-8-20-64-57(60)61)56(89)77-21-9-13-46(77)55(88)75-76-58(62)90)69-54(87)45(29-91-59(3,4)5)74-50(83)41(23-32-14-16-35(79)17-15-32)70-53(86)44(28-78)73-51(84)42(24-33-26-65-37-11-7-6-10-36(33)37)71-52(85)43(25-34-27-63-30-66-34)72-48(81)38-18-19-47(80)67-38/h6-7,10-11,14-17,26-27,30-31,38-46,65,78-79H,8-9,12-13,18-25,28-29H2,1-5H3,(H,63,66)(H,67,80)(H,68,82)(H,69,87)(H,70,86)(H,71,85)(H,72,81)(H,73,84)(H,74,83)(H,75,88)(H4,60,61,64)(H3,62,76,90)/t38?,39-,40?,41?,42?,43?,44?,45?,46?/m0/s1. The third-order valence-electron chi connectivity index (χ3n) is 14.8. The molecule has 0 spiro atoms. The number of aliphatic hydroxyl groups excluding tert-OH is 1. The van der Waals surface area contributed by atoms with Crippen LogP contribution in [0.15, 0.2) is 72.2 Å². The number of hydrogen-bond donors (Lipinski definition) is 17. The second-order valence-corrected chi connectivity index (χ2v) is 23.7. The highest BCUT2D eigenvalue weighted by Gasteiger charge is 2.40. The lowest BCUT2D eigenvalue weighted by molar-refractivity contribution is -0.142. The normalized spacial score (nSPS) is 17.0. The minimum absolute atomic E-state index is 0.00453. The van der Waals surface area contributed by atoms with Crippen LogP contribution in [0.5, 0.6) is 5.75 Å². The number of aromatic amines is 2. The first kappa shape index (κ1) is 70.2. The van der Waals surface area contributed by atoms with E-state index in [0.29, 0.717) is 34.1 Å². The summed E-state index contributed by atoms with van der Waals surface area (Å²) in [6, 6.07) is -0.716. The van der Waals surface area contributed by atoms with Gasteiger partial charge in [0.15, 0.2) is 5.96 Å². The maximum atomic E-state index is 14.8. The second-order valence-electron chi connectivity index (χ2n) is 23.7. The van der Waals surface area contributed by atoms with Gasteiger partial charge in [0, 0.05) is 67.8 Å². The molecule has 494 valence electrons. The van der Waals surface area contributed by atoms with Crippen molar-refractivity contribution in [2.75, 3.05) is 26.3 Å². The van der Waals surface area contributed by atoms with Crippen LogP contribution in [0.2, 0.25) is 0 Å². The molecule has 0 saturated carbocycles. The van der Waals surface area contributed by atoms with Crippen LogP contribution < -0.4 is 70.6 Å². The van der Waals surface area contributed by atoms with Crippen molar-refractivity contribution < 1.29 is 67.7 Å². The van der Waals surface area contributed by atoms with Crippen LogP contribution in [-0.4, -0.2) is 187 Å². The van der Waals surface area contributed by atoms with E-state index < -0.39 is 132 Å². The molecule has 32 heteroatoms. The van der Waals surface area contributed by atoms with E-state index in [0.717, 1.165) is 0 Å². The number of para-hydroxylation sites is 1. The third-order valence-corrected chi connectivity index (χ3v) is 14.8. The number of carbonyl (C=O) groups excluding carboxylic acids is 11. The van der Waals surface area contributed by atoms with Crippen LogP contribution in [0.4, 0.5) is 4.79 Å². The maximum Gasteiger partial charge on any atom is 0.330 e. The first-order chi connectivity index (χ1) is 43.2. The molecule has 91 heavy (non-hydrogen) atoms. The number of imidazole rings is 1. The summed E-state index contributed by atoms with van der Waals surface area (Å²) in [5, 5.41) is 42.8. The number of guanidine groups is 1. The number of H-pyrrole nitrogens is 2. The van der Waals surface area contributed by atoms with Crippen LogP contribution in [0.25, 0.3) is 10.9 Å². The van der Waals surface area contributed by atoms with Gasteiger partial charge in [0.1, 0.15) is 60.1 Å². The summed E-state index contributed by atoms with van der Waals surface area (Å²) in [7, 11) is 0. The number of aliphatic hydroxyl groups is 1. The fraction of sp³-hybridized carbons (Fsp3) is 0.508. The number of aromatic hydroxyl groups is 1. The molecule has 2 saturated heterocycles. The number of likely N-dealkylation sites (tertiary alicyclic amines) is 1. The predicted octanol–water partition coefficient (Wildman–Crippen LogP) is -3.11. The lowest BCUT2D eigenvalue weighted by Crippen LogP contribution is -2.62. The molecule has 2 aromatic heterocycles. The number of phenolic OH excluding ortho intramolecular Hbond substituents is 1. The zero-order chi connectivity index (χ0) is 66.5.